The summed E-state index contributed by atoms with van der Waals surface area (Å²) < 4.78 is 0. The lowest BCUT2D eigenvalue weighted by molar-refractivity contribution is -0.143. The molecule has 5 heteroatoms. The van der Waals surface area contributed by atoms with E-state index >= 15 is 0 Å². The van der Waals surface area contributed by atoms with Crippen LogP contribution in [0.1, 0.15) is 31.9 Å². The first-order chi connectivity index (χ1) is 8.40. The van der Waals surface area contributed by atoms with Gasteiger partial charge in [-0.05, 0) is 32.0 Å². The number of carboxylic acid groups (broad SMARTS) is 1. The number of benzene rings is 1. The van der Waals surface area contributed by atoms with Crippen LogP contribution in [0.5, 0.6) is 0 Å². The molecule has 0 saturated heterocycles. The SMILES string of the molecule is CCC(C(=O)O)N(C)C(C)c1cccc(Cl)c1Cl. The summed E-state index contributed by atoms with van der Waals surface area (Å²) >= 11 is 12.1. The third kappa shape index (κ3) is 3.16. The van der Waals surface area contributed by atoms with Crippen molar-refractivity contribution in [2.24, 2.45) is 0 Å². The van der Waals surface area contributed by atoms with E-state index in [-0.39, 0.29) is 6.04 Å². The van der Waals surface area contributed by atoms with Crippen LogP contribution < -0.4 is 0 Å². The van der Waals surface area contributed by atoms with E-state index in [9.17, 15) is 4.79 Å². The molecule has 2 atom stereocenters. The fourth-order valence-corrected chi connectivity index (χ4v) is 2.43. The molecular formula is C13H17Cl2NO2. The van der Waals surface area contributed by atoms with Gasteiger partial charge >= 0.3 is 5.97 Å². The van der Waals surface area contributed by atoms with Crippen molar-refractivity contribution in [3.63, 3.8) is 0 Å². The van der Waals surface area contributed by atoms with Crippen LogP contribution >= 0.6 is 23.2 Å². The molecule has 1 aromatic carbocycles. The van der Waals surface area contributed by atoms with Gasteiger partial charge in [0, 0.05) is 6.04 Å². The molecule has 100 valence electrons. The molecular weight excluding hydrogens is 273 g/mol. The zero-order valence-corrected chi connectivity index (χ0v) is 12.2. The van der Waals surface area contributed by atoms with E-state index in [0.717, 1.165) is 5.56 Å². The molecule has 1 N–H and O–H groups in total. The van der Waals surface area contributed by atoms with Crippen LogP contribution in [0.2, 0.25) is 10.0 Å². The molecule has 0 saturated carbocycles. The van der Waals surface area contributed by atoms with Gasteiger partial charge in [-0.2, -0.15) is 0 Å². The minimum Gasteiger partial charge on any atom is -0.480 e. The van der Waals surface area contributed by atoms with Crippen LogP contribution in [0.3, 0.4) is 0 Å². The van der Waals surface area contributed by atoms with Crippen LogP contribution in [0.4, 0.5) is 0 Å². The van der Waals surface area contributed by atoms with Gasteiger partial charge in [-0.25, -0.2) is 0 Å². The molecule has 0 aliphatic heterocycles. The second kappa shape index (κ2) is 6.41. The Balaban J connectivity index is 3.02. The Kier molecular flexibility index (Phi) is 5.45. The van der Waals surface area contributed by atoms with Crippen molar-refractivity contribution in [3.05, 3.63) is 33.8 Å². The van der Waals surface area contributed by atoms with Crippen molar-refractivity contribution in [1.82, 2.24) is 4.90 Å². The number of aliphatic carboxylic acids is 1. The smallest absolute Gasteiger partial charge is 0.320 e. The molecule has 0 heterocycles. The molecule has 1 rings (SSSR count). The first-order valence-electron chi connectivity index (χ1n) is 5.78. The van der Waals surface area contributed by atoms with Gasteiger partial charge in [-0.3, -0.25) is 9.69 Å². The maximum absolute atomic E-state index is 11.2. The van der Waals surface area contributed by atoms with Gasteiger partial charge in [-0.15, -0.1) is 0 Å². The number of carbonyl (C=O) groups is 1. The number of carboxylic acids is 1. The van der Waals surface area contributed by atoms with Crippen LogP contribution in [-0.4, -0.2) is 29.1 Å². The Labute approximate surface area is 117 Å². The first-order valence-corrected chi connectivity index (χ1v) is 6.54. The van der Waals surface area contributed by atoms with E-state index in [1.165, 1.54) is 0 Å². The zero-order valence-electron chi connectivity index (χ0n) is 10.7. The predicted octanol–water partition coefficient (Wildman–Crippen LogP) is 3.85. The van der Waals surface area contributed by atoms with E-state index in [1.807, 2.05) is 26.0 Å². The summed E-state index contributed by atoms with van der Waals surface area (Å²) in [5, 5.41) is 10.1. The van der Waals surface area contributed by atoms with Crippen molar-refractivity contribution >= 4 is 29.2 Å². The van der Waals surface area contributed by atoms with E-state index in [1.54, 1.807) is 18.0 Å². The molecule has 0 aliphatic carbocycles. The van der Waals surface area contributed by atoms with Gasteiger partial charge in [-0.1, -0.05) is 42.3 Å². The number of nitrogens with zero attached hydrogens (tertiary/aromatic N) is 1. The summed E-state index contributed by atoms with van der Waals surface area (Å²) in [7, 11) is 1.78. The molecule has 0 radical (unpaired) electrons. The monoisotopic (exact) mass is 289 g/mol. The molecule has 0 fully saturated rings. The minimum atomic E-state index is -0.829. The Morgan fingerprint density at radius 1 is 1.44 bits per heavy atom. The second-order valence-electron chi connectivity index (χ2n) is 4.25. The second-order valence-corrected chi connectivity index (χ2v) is 5.03. The standard InChI is InChI=1S/C13H17Cl2NO2/c1-4-11(13(17)18)16(3)8(2)9-6-5-7-10(14)12(9)15/h5-8,11H,4H2,1-3H3,(H,17,18). The molecule has 0 aliphatic rings. The molecule has 18 heavy (non-hydrogen) atoms. The highest BCUT2D eigenvalue weighted by Crippen LogP contribution is 2.33. The van der Waals surface area contributed by atoms with Gasteiger partial charge in [0.05, 0.1) is 10.0 Å². The van der Waals surface area contributed by atoms with Crippen molar-refractivity contribution in [2.75, 3.05) is 7.05 Å². The first kappa shape index (κ1) is 15.3. The van der Waals surface area contributed by atoms with E-state index in [2.05, 4.69) is 0 Å². The number of likely N-dealkylation sites (N-methyl/N-ethyl adjacent to an activating group) is 1. The molecule has 1 aromatic rings. The highest BCUT2D eigenvalue weighted by molar-refractivity contribution is 6.42. The lowest BCUT2D eigenvalue weighted by atomic mass is 10.0. The van der Waals surface area contributed by atoms with Gasteiger partial charge < -0.3 is 5.11 Å². The maximum Gasteiger partial charge on any atom is 0.320 e. The minimum absolute atomic E-state index is 0.114. The Bertz CT molecular complexity index is 437. The molecule has 0 bridgehead atoms. The highest BCUT2D eigenvalue weighted by atomic mass is 35.5. The quantitative estimate of drug-likeness (QED) is 0.895. The number of halogens is 2. The summed E-state index contributed by atoms with van der Waals surface area (Å²) in [6.45, 7) is 3.77. The zero-order chi connectivity index (χ0) is 13.9. The van der Waals surface area contributed by atoms with Gasteiger partial charge in [0.1, 0.15) is 6.04 Å². The third-order valence-electron chi connectivity index (χ3n) is 3.21. The van der Waals surface area contributed by atoms with Gasteiger partial charge in [0.25, 0.3) is 0 Å². The number of hydrogen-bond donors (Lipinski definition) is 1. The Morgan fingerprint density at radius 3 is 2.56 bits per heavy atom. The normalized spacial score (nSPS) is 14.6. The van der Waals surface area contributed by atoms with Crippen molar-refractivity contribution < 1.29 is 9.90 Å². The predicted molar refractivity (Wildman–Crippen MR) is 74.4 cm³/mol. The fraction of sp³-hybridized carbons (Fsp3) is 0.462. The van der Waals surface area contributed by atoms with E-state index in [0.29, 0.717) is 16.5 Å². The fourth-order valence-electron chi connectivity index (χ4n) is 1.97. The molecule has 0 aromatic heterocycles. The lowest BCUT2D eigenvalue weighted by Gasteiger charge is -2.30. The Morgan fingerprint density at radius 2 is 2.06 bits per heavy atom. The average Bonchev–Trinajstić information content (AvgIpc) is 2.32. The maximum atomic E-state index is 11.2. The largest absolute Gasteiger partial charge is 0.480 e. The van der Waals surface area contributed by atoms with Crippen molar-refractivity contribution in [2.45, 2.75) is 32.4 Å². The molecule has 3 nitrogen and oxygen atoms in total. The van der Waals surface area contributed by atoms with Crippen LogP contribution in [0.15, 0.2) is 18.2 Å². The van der Waals surface area contributed by atoms with Crippen LogP contribution in [0.25, 0.3) is 0 Å². The van der Waals surface area contributed by atoms with Crippen molar-refractivity contribution in [3.8, 4) is 0 Å². The Hall–Kier alpha value is -0.770. The van der Waals surface area contributed by atoms with Crippen LogP contribution in [-0.2, 0) is 4.79 Å². The average molecular weight is 290 g/mol. The molecule has 0 spiro atoms. The van der Waals surface area contributed by atoms with E-state index < -0.39 is 12.0 Å². The molecule has 2 unspecified atom stereocenters. The summed E-state index contributed by atoms with van der Waals surface area (Å²) in [5.41, 5.74) is 0.839. The van der Waals surface area contributed by atoms with Crippen LogP contribution in [0, 0.1) is 0 Å². The third-order valence-corrected chi connectivity index (χ3v) is 4.04. The number of rotatable bonds is 5. The van der Waals surface area contributed by atoms with Crippen molar-refractivity contribution in [1.29, 1.82) is 0 Å². The highest BCUT2D eigenvalue weighted by Gasteiger charge is 2.26. The summed E-state index contributed by atoms with van der Waals surface area (Å²) in [4.78, 5) is 13.0. The number of hydrogen-bond acceptors (Lipinski definition) is 2. The topological polar surface area (TPSA) is 40.5 Å². The van der Waals surface area contributed by atoms with Gasteiger partial charge in [0.2, 0.25) is 0 Å². The summed E-state index contributed by atoms with van der Waals surface area (Å²) in [6, 6.07) is 4.75. The van der Waals surface area contributed by atoms with E-state index in [4.69, 9.17) is 28.3 Å². The summed E-state index contributed by atoms with van der Waals surface area (Å²) in [6.07, 6.45) is 0.536. The lowest BCUT2D eigenvalue weighted by Crippen LogP contribution is -2.39. The summed E-state index contributed by atoms with van der Waals surface area (Å²) in [5.74, 6) is -0.829. The molecule has 0 amide bonds. The van der Waals surface area contributed by atoms with Gasteiger partial charge in [0.15, 0.2) is 0 Å².